The highest BCUT2D eigenvalue weighted by Gasteiger charge is 2.30. The van der Waals surface area contributed by atoms with Crippen molar-refractivity contribution in [1.82, 2.24) is 19.7 Å². The van der Waals surface area contributed by atoms with Crippen LogP contribution in [0.2, 0.25) is 0 Å². The highest BCUT2D eigenvalue weighted by atomic mass is 32.1. The van der Waals surface area contributed by atoms with Gasteiger partial charge in [0.2, 0.25) is 5.91 Å². The highest BCUT2D eigenvalue weighted by Crippen LogP contribution is 2.22. The normalized spacial score (nSPS) is 16.1. The fourth-order valence-corrected chi connectivity index (χ4v) is 3.03. The molecule has 0 aliphatic carbocycles. The van der Waals surface area contributed by atoms with Gasteiger partial charge in [0.25, 0.3) is 0 Å². The number of nitrogens with zero attached hydrogens (tertiary/aromatic N) is 4. The monoisotopic (exact) mass is 291 g/mol. The molecular formula is C13H17N5OS. The standard InChI is InChI=1S/C13H17N5OS/c1-9-5-10(2)18(16-9)11-6-17(7-11)8-12(19)15-13-14-3-4-20-13/h3-5,11H,6-8H2,1-2H3,(H,14,15,19). The Kier molecular flexibility index (Phi) is 3.54. The van der Waals surface area contributed by atoms with Gasteiger partial charge in [-0.15, -0.1) is 11.3 Å². The first-order valence-corrected chi connectivity index (χ1v) is 7.44. The summed E-state index contributed by atoms with van der Waals surface area (Å²) in [5.41, 5.74) is 2.22. The van der Waals surface area contributed by atoms with E-state index >= 15 is 0 Å². The molecule has 2 aromatic heterocycles. The van der Waals surface area contributed by atoms with E-state index in [1.165, 1.54) is 17.0 Å². The van der Waals surface area contributed by atoms with Gasteiger partial charge in [0.1, 0.15) is 0 Å². The second kappa shape index (κ2) is 5.34. The van der Waals surface area contributed by atoms with Gasteiger partial charge in [0.05, 0.1) is 18.3 Å². The topological polar surface area (TPSA) is 63.1 Å². The maximum atomic E-state index is 11.8. The molecule has 0 aromatic carbocycles. The van der Waals surface area contributed by atoms with Gasteiger partial charge in [0.15, 0.2) is 5.13 Å². The van der Waals surface area contributed by atoms with E-state index in [9.17, 15) is 4.79 Å². The van der Waals surface area contributed by atoms with Crippen molar-refractivity contribution in [2.75, 3.05) is 25.0 Å². The van der Waals surface area contributed by atoms with E-state index in [1.54, 1.807) is 6.20 Å². The molecule has 1 fully saturated rings. The molecule has 3 heterocycles. The molecule has 20 heavy (non-hydrogen) atoms. The molecular weight excluding hydrogens is 274 g/mol. The molecule has 7 heteroatoms. The predicted octanol–water partition coefficient (Wildman–Crippen LogP) is 1.45. The van der Waals surface area contributed by atoms with Gasteiger partial charge in [-0.2, -0.15) is 5.10 Å². The summed E-state index contributed by atoms with van der Waals surface area (Å²) in [4.78, 5) is 18.0. The van der Waals surface area contributed by atoms with Crippen molar-refractivity contribution < 1.29 is 4.79 Å². The minimum atomic E-state index is -0.00762. The average molecular weight is 291 g/mol. The minimum absolute atomic E-state index is 0.00762. The van der Waals surface area contributed by atoms with Crippen molar-refractivity contribution in [3.05, 3.63) is 29.0 Å². The number of anilines is 1. The zero-order valence-corrected chi connectivity index (χ0v) is 12.4. The molecule has 0 unspecified atom stereocenters. The second-order valence-corrected chi connectivity index (χ2v) is 6.00. The number of carbonyl (C=O) groups is 1. The Bertz CT molecular complexity index is 600. The summed E-state index contributed by atoms with van der Waals surface area (Å²) < 4.78 is 2.06. The van der Waals surface area contributed by atoms with Crippen molar-refractivity contribution in [1.29, 1.82) is 0 Å². The Balaban J connectivity index is 1.48. The zero-order valence-electron chi connectivity index (χ0n) is 11.5. The quantitative estimate of drug-likeness (QED) is 0.926. The molecule has 3 rings (SSSR count). The van der Waals surface area contributed by atoms with Gasteiger partial charge in [-0.25, -0.2) is 4.98 Å². The van der Waals surface area contributed by atoms with E-state index in [2.05, 4.69) is 38.0 Å². The summed E-state index contributed by atoms with van der Waals surface area (Å²) in [6.45, 7) is 6.22. The summed E-state index contributed by atoms with van der Waals surface area (Å²) >= 11 is 1.43. The Labute approximate surface area is 121 Å². The third-order valence-electron chi connectivity index (χ3n) is 3.37. The summed E-state index contributed by atoms with van der Waals surface area (Å²) in [7, 11) is 0. The van der Waals surface area contributed by atoms with Crippen molar-refractivity contribution in [2.24, 2.45) is 0 Å². The van der Waals surface area contributed by atoms with Gasteiger partial charge in [-0.05, 0) is 19.9 Å². The number of thiazole rings is 1. The molecule has 1 aliphatic rings. The van der Waals surface area contributed by atoms with Gasteiger partial charge < -0.3 is 5.32 Å². The molecule has 6 nitrogen and oxygen atoms in total. The van der Waals surface area contributed by atoms with Gasteiger partial charge in [-0.1, -0.05) is 0 Å². The van der Waals surface area contributed by atoms with E-state index in [4.69, 9.17) is 0 Å². The molecule has 0 spiro atoms. The zero-order chi connectivity index (χ0) is 14.1. The van der Waals surface area contributed by atoms with E-state index < -0.39 is 0 Å². The van der Waals surface area contributed by atoms with Crippen molar-refractivity contribution in [3.8, 4) is 0 Å². The van der Waals surface area contributed by atoms with Crippen molar-refractivity contribution >= 4 is 22.4 Å². The first kappa shape index (κ1) is 13.3. The Morgan fingerprint density at radius 1 is 1.50 bits per heavy atom. The number of aryl methyl sites for hydroxylation is 2. The molecule has 0 saturated carbocycles. The van der Waals surface area contributed by atoms with Crippen LogP contribution >= 0.6 is 11.3 Å². The van der Waals surface area contributed by atoms with E-state index in [0.29, 0.717) is 17.7 Å². The lowest BCUT2D eigenvalue weighted by Crippen LogP contribution is -2.51. The highest BCUT2D eigenvalue weighted by molar-refractivity contribution is 7.13. The van der Waals surface area contributed by atoms with Gasteiger partial charge >= 0.3 is 0 Å². The summed E-state index contributed by atoms with van der Waals surface area (Å²) in [5.74, 6) is -0.00762. The van der Waals surface area contributed by atoms with Crippen molar-refractivity contribution in [2.45, 2.75) is 19.9 Å². The molecule has 1 amide bonds. The lowest BCUT2D eigenvalue weighted by molar-refractivity contribution is -0.118. The Hall–Kier alpha value is -1.73. The number of nitrogens with one attached hydrogen (secondary N) is 1. The number of amides is 1. The second-order valence-electron chi connectivity index (χ2n) is 5.11. The molecule has 1 saturated heterocycles. The summed E-state index contributed by atoms with van der Waals surface area (Å²) in [6, 6.07) is 2.47. The lowest BCUT2D eigenvalue weighted by Gasteiger charge is -2.39. The summed E-state index contributed by atoms with van der Waals surface area (Å²) in [5, 5.41) is 9.79. The molecule has 0 atom stereocenters. The van der Waals surface area contributed by atoms with Crippen LogP contribution in [-0.2, 0) is 4.79 Å². The van der Waals surface area contributed by atoms with E-state index in [-0.39, 0.29) is 5.91 Å². The minimum Gasteiger partial charge on any atom is -0.301 e. The van der Waals surface area contributed by atoms with Crippen LogP contribution in [0.3, 0.4) is 0 Å². The third kappa shape index (κ3) is 2.73. The number of aromatic nitrogens is 3. The summed E-state index contributed by atoms with van der Waals surface area (Å²) in [6.07, 6.45) is 1.68. The van der Waals surface area contributed by atoms with Gasteiger partial charge in [0, 0.05) is 30.4 Å². The number of likely N-dealkylation sites (tertiary alicyclic amines) is 1. The maximum absolute atomic E-state index is 11.8. The van der Waals surface area contributed by atoms with Crippen molar-refractivity contribution in [3.63, 3.8) is 0 Å². The third-order valence-corrected chi connectivity index (χ3v) is 4.06. The molecule has 106 valence electrons. The first-order chi connectivity index (χ1) is 9.61. The maximum Gasteiger partial charge on any atom is 0.240 e. The van der Waals surface area contributed by atoms with E-state index in [1.807, 2.05) is 12.3 Å². The number of carbonyl (C=O) groups excluding carboxylic acids is 1. The predicted molar refractivity (Wildman–Crippen MR) is 77.9 cm³/mol. The fourth-order valence-electron chi connectivity index (χ4n) is 2.49. The van der Waals surface area contributed by atoms with Crippen LogP contribution in [0.1, 0.15) is 17.4 Å². The van der Waals surface area contributed by atoms with Crippen LogP contribution in [0.5, 0.6) is 0 Å². The van der Waals surface area contributed by atoms with E-state index in [0.717, 1.165) is 18.8 Å². The SMILES string of the molecule is Cc1cc(C)n(C2CN(CC(=O)Nc3nccs3)C2)n1. The number of hydrogen-bond acceptors (Lipinski definition) is 5. The lowest BCUT2D eigenvalue weighted by atomic mass is 10.1. The van der Waals surface area contributed by atoms with Crippen LogP contribution in [0.4, 0.5) is 5.13 Å². The number of hydrogen-bond donors (Lipinski definition) is 1. The molecule has 1 N–H and O–H groups in total. The fraction of sp³-hybridized carbons (Fsp3) is 0.462. The largest absolute Gasteiger partial charge is 0.301 e. The van der Waals surface area contributed by atoms with Crippen LogP contribution < -0.4 is 5.32 Å². The van der Waals surface area contributed by atoms with Crippen LogP contribution in [0.25, 0.3) is 0 Å². The van der Waals surface area contributed by atoms with Crippen LogP contribution in [-0.4, -0.2) is 45.2 Å². The average Bonchev–Trinajstić information content (AvgIpc) is 2.93. The van der Waals surface area contributed by atoms with Crippen LogP contribution in [0, 0.1) is 13.8 Å². The Morgan fingerprint density at radius 3 is 2.90 bits per heavy atom. The molecule has 0 radical (unpaired) electrons. The smallest absolute Gasteiger partial charge is 0.240 e. The number of rotatable bonds is 4. The first-order valence-electron chi connectivity index (χ1n) is 6.56. The molecule has 2 aromatic rings. The molecule has 1 aliphatic heterocycles. The Morgan fingerprint density at radius 2 is 2.30 bits per heavy atom. The van der Waals surface area contributed by atoms with Gasteiger partial charge in [-0.3, -0.25) is 14.4 Å². The molecule has 0 bridgehead atoms. The van der Waals surface area contributed by atoms with Crippen LogP contribution in [0.15, 0.2) is 17.6 Å².